The Balaban J connectivity index is 0.00000161. The molecule has 0 aromatic heterocycles. The number of guanidine groups is 1. The normalized spacial score (nSPS) is 28.9. The van der Waals surface area contributed by atoms with E-state index in [0.717, 1.165) is 38.8 Å². The van der Waals surface area contributed by atoms with Gasteiger partial charge in [0.2, 0.25) is 0 Å². The number of aliphatic imine (C=N–C) groups is 1. The summed E-state index contributed by atoms with van der Waals surface area (Å²) >= 11 is 0. The first kappa shape index (κ1) is 17.1. The zero-order valence-corrected chi connectivity index (χ0v) is 15.4. The van der Waals surface area contributed by atoms with Crippen molar-refractivity contribution in [3.63, 3.8) is 0 Å². The minimum Gasteiger partial charge on any atom is -0.381 e. The molecular formula is C16H28IN3O. The second-order valence-electron chi connectivity index (χ2n) is 6.45. The Morgan fingerprint density at radius 1 is 1.48 bits per heavy atom. The molecule has 1 spiro atoms. The minimum atomic E-state index is 0. The molecule has 3 aliphatic rings. The van der Waals surface area contributed by atoms with Crippen LogP contribution in [0.3, 0.4) is 0 Å². The largest absolute Gasteiger partial charge is 0.381 e. The van der Waals surface area contributed by atoms with Crippen LogP contribution in [0, 0.1) is 5.41 Å². The molecule has 0 aromatic carbocycles. The fourth-order valence-corrected chi connectivity index (χ4v) is 3.72. The summed E-state index contributed by atoms with van der Waals surface area (Å²) in [6.07, 6.45) is 9.96. The lowest BCUT2D eigenvalue weighted by atomic mass is 9.87. The van der Waals surface area contributed by atoms with Crippen LogP contribution < -0.4 is 5.32 Å². The van der Waals surface area contributed by atoms with Gasteiger partial charge in [-0.05, 0) is 38.5 Å². The van der Waals surface area contributed by atoms with Gasteiger partial charge in [0.25, 0.3) is 0 Å². The number of ether oxygens (including phenoxy) is 1. The first-order chi connectivity index (χ1) is 9.81. The number of nitrogens with zero attached hydrogens (tertiary/aromatic N) is 2. The van der Waals surface area contributed by atoms with Crippen molar-refractivity contribution in [2.24, 2.45) is 10.4 Å². The number of hydrogen-bond donors (Lipinski definition) is 1. The van der Waals surface area contributed by atoms with E-state index in [9.17, 15) is 0 Å². The van der Waals surface area contributed by atoms with Crippen LogP contribution in [0.25, 0.3) is 0 Å². The van der Waals surface area contributed by atoms with Crippen LogP contribution in [0.1, 0.15) is 38.5 Å². The maximum Gasteiger partial charge on any atom is 0.193 e. The van der Waals surface area contributed by atoms with Gasteiger partial charge in [-0.3, -0.25) is 4.99 Å². The first-order valence-electron chi connectivity index (χ1n) is 8.03. The van der Waals surface area contributed by atoms with Gasteiger partial charge in [-0.1, -0.05) is 11.6 Å². The molecule has 0 saturated carbocycles. The molecule has 4 nitrogen and oxygen atoms in total. The third-order valence-electron chi connectivity index (χ3n) is 5.00. The van der Waals surface area contributed by atoms with Crippen molar-refractivity contribution in [3.05, 3.63) is 11.6 Å². The van der Waals surface area contributed by atoms with Gasteiger partial charge in [0.1, 0.15) is 0 Å². The SMILES string of the molecule is CN=C(NCCC1=CCCC1)N1CCC2(CCOC2)C1.I. The minimum absolute atomic E-state index is 0. The molecule has 1 aliphatic carbocycles. The van der Waals surface area contributed by atoms with Crippen LogP contribution in [0.5, 0.6) is 0 Å². The summed E-state index contributed by atoms with van der Waals surface area (Å²) in [5.74, 6) is 1.08. The molecule has 2 fully saturated rings. The molecule has 1 unspecified atom stereocenters. The molecule has 120 valence electrons. The van der Waals surface area contributed by atoms with Crippen LogP contribution in [-0.4, -0.2) is 50.8 Å². The number of hydrogen-bond acceptors (Lipinski definition) is 2. The highest BCUT2D eigenvalue weighted by Crippen LogP contribution is 2.38. The van der Waals surface area contributed by atoms with E-state index in [4.69, 9.17) is 4.74 Å². The van der Waals surface area contributed by atoms with E-state index in [1.807, 2.05) is 7.05 Å². The Bertz CT molecular complexity index is 402. The highest BCUT2D eigenvalue weighted by atomic mass is 127. The number of nitrogens with one attached hydrogen (secondary N) is 1. The van der Waals surface area contributed by atoms with Crippen molar-refractivity contribution in [3.8, 4) is 0 Å². The van der Waals surface area contributed by atoms with Crippen molar-refractivity contribution in [2.75, 3.05) is 39.9 Å². The molecule has 0 radical (unpaired) electrons. The average Bonchev–Trinajstić information content (AvgIpc) is 3.19. The molecule has 21 heavy (non-hydrogen) atoms. The third kappa shape index (κ3) is 4.12. The van der Waals surface area contributed by atoms with Gasteiger partial charge in [0.05, 0.1) is 6.61 Å². The topological polar surface area (TPSA) is 36.9 Å². The first-order valence-corrected chi connectivity index (χ1v) is 8.03. The molecule has 2 saturated heterocycles. The number of likely N-dealkylation sites (tertiary alicyclic amines) is 1. The summed E-state index contributed by atoms with van der Waals surface area (Å²) < 4.78 is 5.60. The van der Waals surface area contributed by atoms with Gasteiger partial charge < -0.3 is 15.0 Å². The maximum atomic E-state index is 5.60. The average molecular weight is 405 g/mol. The highest BCUT2D eigenvalue weighted by Gasteiger charge is 2.42. The van der Waals surface area contributed by atoms with Gasteiger partial charge in [0.15, 0.2) is 5.96 Å². The van der Waals surface area contributed by atoms with E-state index in [-0.39, 0.29) is 24.0 Å². The van der Waals surface area contributed by atoms with Gasteiger partial charge in [-0.25, -0.2) is 0 Å². The Morgan fingerprint density at radius 3 is 3.05 bits per heavy atom. The number of allylic oxidation sites excluding steroid dienone is 1. The van der Waals surface area contributed by atoms with Crippen molar-refractivity contribution in [1.29, 1.82) is 0 Å². The van der Waals surface area contributed by atoms with Gasteiger partial charge in [-0.2, -0.15) is 0 Å². The molecule has 2 aliphatic heterocycles. The zero-order valence-electron chi connectivity index (χ0n) is 13.1. The fraction of sp³-hybridized carbons (Fsp3) is 0.812. The Morgan fingerprint density at radius 2 is 2.38 bits per heavy atom. The monoisotopic (exact) mass is 405 g/mol. The van der Waals surface area contributed by atoms with E-state index in [1.165, 1.54) is 38.5 Å². The molecule has 3 rings (SSSR count). The lowest BCUT2D eigenvalue weighted by Crippen LogP contribution is -2.41. The fourth-order valence-electron chi connectivity index (χ4n) is 3.72. The van der Waals surface area contributed by atoms with Crippen molar-refractivity contribution < 1.29 is 4.74 Å². The van der Waals surface area contributed by atoms with E-state index in [2.05, 4.69) is 21.3 Å². The van der Waals surface area contributed by atoms with E-state index < -0.39 is 0 Å². The van der Waals surface area contributed by atoms with Crippen molar-refractivity contribution in [1.82, 2.24) is 10.2 Å². The standard InChI is InChI=1S/C16H27N3O.HI/c1-17-15(18-9-6-14-4-2-3-5-14)19-10-7-16(12-19)8-11-20-13-16;/h4H,2-3,5-13H2,1H3,(H,17,18);1H. The van der Waals surface area contributed by atoms with Crippen molar-refractivity contribution in [2.45, 2.75) is 38.5 Å². The Kier molecular flexibility index (Phi) is 6.34. The van der Waals surface area contributed by atoms with Crippen LogP contribution in [0.4, 0.5) is 0 Å². The highest BCUT2D eigenvalue weighted by molar-refractivity contribution is 14.0. The molecule has 0 aromatic rings. The summed E-state index contributed by atoms with van der Waals surface area (Å²) in [5.41, 5.74) is 2.03. The van der Waals surface area contributed by atoms with E-state index in [0.29, 0.717) is 5.41 Å². The molecule has 0 bridgehead atoms. The second-order valence-corrected chi connectivity index (χ2v) is 6.45. The Labute approximate surface area is 145 Å². The predicted octanol–water partition coefficient (Wildman–Crippen LogP) is 2.79. The lowest BCUT2D eigenvalue weighted by molar-refractivity contribution is 0.156. The van der Waals surface area contributed by atoms with Gasteiger partial charge in [0, 0.05) is 38.7 Å². The number of halogens is 1. The quantitative estimate of drug-likeness (QED) is 0.340. The van der Waals surface area contributed by atoms with Gasteiger partial charge in [-0.15, -0.1) is 24.0 Å². The third-order valence-corrected chi connectivity index (χ3v) is 5.00. The lowest BCUT2D eigenvalue weighted by Gasteiger charge is -2.25. The second kappa shape index (κ2) is 7.81. The molecule has 0 amide bonds. The Hall–Kier alpha value is -0.300. The predicted molar refractivity (Wildman–Crippen MR) is 97.4 cm³/mol. The summed E-state index contributed by atoms with van der Waals surface area (Å²) in [6.45, 7) is 5.11. The zero-order chi connectivity index (χ0) is 13.8. The van der Waals surface area contributed by atoms with Crippen LogP contribution >= 0.6 is 24.0 Å². The molecule has 5 heteroatoms. The van der Waals surface area contributed by atoms with Crippen LogP contribution in [-0.2, 0) is 4.74 Å². The maximum absolute atomic E-state index is 5.60. The summed E-state index contributed by atoms with van der Waals surface area (Å²) in [6, 6.07) is 0. The molecule has 1 atom stereocenters. The van der Waals surface area contributed by atoms with Gasteiger partial charge >= 0.3 is 0 Å². The molecule has 1 N–H and O–H groups in total. The summed E-state index contributed by atoms with van der Waals surface area (Å²) in [4.78, 5) is 6.87. The van der Waals surface area contributed by atoms with Crippen LogP contribution in [0.15, 0.2) is 16.6 Å². The number of rotatable bonds is 3. The smallest absolute Gasteiger partial charge is 0.193 e. The molecular weight excluding hydrogens is 377 g/mol. The van der Waals surface area contributed by atoms with Crippen LogP contribution in [0.2, 0.25) is 0 Å². The molecule has 2 heterocycles. The summed E-state index contributed by atoms with van der Waals surface area (Å²) in [5, 5.41) is 3.54. The summed E-state index contributed by atoms with van der Waals surface area (Å²) in [7, 11) is 1.90. The van der Waals surface area contributed by atoms with E-state index >= 15 is 0 Å². The van der Waals surface area contributed by atoms with E-state index in [1.54, 1.807) is 5.57 Å². The van der Waals surface area contributed by atoms with Crippen molar-refractivity contribution >= 4 is 29.9 Å².